The highest BCUT2D eigenvalue weighted by Crippen LogP contribution is 2.66. The standard InChI is InChI=1S/C21H28O7/c1-11-9-13-16-19(2,7-6-14(22)20(16,3)18(24)27-13)21(11,25)8-5-12-10-15(26-4)28-17(12)23/h10-11,13,15-16,25H,5-9H2,1-4H3/t11-,13-,15+,16-,19+,20+,21-/m1/s1. The van der Waals surface area contributed by atoms with Gasteiger partial charge in [-0.3, -0.25) is 9.59 Å². The zero-order valence-electron chi connectivity index (χ0n) is 16.8. The summed E-state index contributed by atoms with van der Waals surface area (Å²) >= 11 is 0. The van der Waals surface area contributed by atoms with E-state index < -0.39 is 34.7 Å². The Morgan fingerprint density at radius 2 is 1.96 bits per heavy atom. The van der Waals surface area contributed by atoms with Gasteiger partial charge >= 0.3 is 11.9 Å². The van der Waals surface area contributed by atoms with Gasteiger partial charge in [0.2, 0.25) is 6.29 Å². The van der Waals surface area contributed by atoms with Crippen molar-refractivity contribution in [3.05, 3.63) is 11.6 Å². The van der Waals surface area contributed by atoms with Gasteiger partial charge in [-0.05, 0) is 44.6 Å². The minimum absolute atomic E-state index is 0.0932. The van der Waals surface area contributed by atoms with Crippen LogP contribution in [0.25, 0.3) is 0 Å². The second-order valence-electron chi connectivity index (χ2n) is 9.23. The first kappa shape index (κ1) is 19.6. The molecule has 4 aliphatic rings. The average molecular weight is 392 g/mol. The van der Waals surface area contributed by atoms with Crippen LogP contribution in [0.3, 0.4) is 0 Å². The summed E-state index contributed by atoms with van der Waals surface area (Å²) in [5.74, 6) is -1.47. The molecule has 2 aliphatic heterocycles. The average Bonchev–Trinajstić information content (AvgIpc) is 3.13. The monoisotopic (exact) mass is 392 g/mol. The van der Waals surface area contributed by atoms with Crippen LogP contribution in [0, 0.1) is 22.7 Å². The summed E-state index contributed by atoms with van der Waals surface area (Å²) in [6.07, 6.45) is 2.57. The molecule has 0 aromatic rings. The Balaban J connectivity index is 1.66. The number of carbonyl (C=O) groups excluding carboxylic acids is 3. The summed E-state index contributed by atoms with van der Waals surface area (Å²) in [5.41, 5.74) is -2.49. The van der Waals surface area contributed by atoms with Crippen LogP contribution in [-0.2, 0) is 28.6 Å². The van der Waals surface area contributed by atoms with Crippen LogP contribution in [0.15, 0.2) is 11.6 Å². The molecule has 1 saturated heterocycles. The van der Waals surface area contributed by atoms with Gasteiger partial charge in [-0.25, -0.2) is 4.79 Å². The van der Waals surface area contributed by atoms with Crippen LogP contribution >= 0.6 is 0 Å². The Bertz CT molecular complexity index is 773. The lowest BCUT2D eigenvalue weighted by molar-refractivity contribution is -0.215. The molecule has 7 nitrogen and oxygen atoms in total. The van der Waals surface area contributed by atoms with E-state index in [1.54, 1.807) is 13.0 Å². The zero-order valence-corrected chi connectivity index (χ0v) is 16.8. The first-order chi connectivity index (χ1) is 13.1. The molecule has 7 heteroatoms. The van der Waals surface area contributed by atoms with E-state index in [0.29, 0.717) is 31.3 Å². The van der Waals surface area contributed by atoms with Gasteiger partial charge in [-0.1, -0.05) is 13.8 Å². The first-order valence-electron chi connectivity index (χ1n) is 9.99. The molecule has 4 rings (SSSR count). The van der Waals surface area contributed by atoms with E-state index in [0.717, 1.165) is 0 Å². The molecule has 0 aromatic heterocycles. The molecule has 1 N–H and O–H groups in total. The van der Waals surface area contributed by atoms with Gasteiger partial charge in [0, 0.05) is 30.4 Å². The quantitative estimate of drug-likeness (QED) is 0.576. The minimum Gasteiger partial charge on any atom is -0.461 e. The number of ether oxygens (including phenoxy) is 3. The van der Waals surface area contributed by atoms with Gasteiger partial charge in [0.15, 0.2) is 0 Å². The van der Waals surface area contributed by atoms with Gasteiger partial charge in [0.05, 0.1) is 5.60 Å². The number of esters is 2. The molecule has 7 atom stereocenters. The minimum atomic E-state index is -1.20. The number of cyclic esters (lactones) is 1. The van der Waals surface area contributed by atoms with Crippen LogP contribution in [0.5, 0.6) is 0 Å². The Morgan fingerprint density at radius 1 is 1.25 bits per heavy atom. The van der Waals surface area contributed by atoms with Crippen molar-refractivity contribution in [2.24, 2.45) is 22.7 Å². The molecular weight excluding hydrogens is 364 g/mol. The largest absolute Gasteiger partial charge is 0.461 e. The van der Waals surface area contributed by atoms with E-state index >= 15 is 0 Å². The highest BCUT2D eigenvalue weighted by molar-refractivity contribution is 6.06. The van der Waals surface area contributed by atoms with Crippen LogP contribution in [0.2, 0.25) is 0 Å². The number of rotatable bonds is 4. The van der Waals surface area contributed by atoms with E-state index in [1.807, 2.05) is 13.8 Å². The van der Waals surface area contributed by atoms with Crippen molar-refractivity contribution in [2.75, 3.05) is 7.11 Å². The molecule has 0 aromatic carbocycles. The number of carbonyl (C=O) groups is 3. The van der Waals surface area contributed by atoms with Gasteiger partial charge in [-0.2, -0.15) is 0 Å². The topological polar surface area (TPSA) is 99.1 Å². The molecule has 0 spiro atoms. The highest BCUT2D eigenvalue weighted by atomic mass is 16.7. The van der Waals surface area contributed by atoms with Crippen molar-refractivity contribution in [3.8, 4) is 0 Å². The van der Waals surface area contributed by atoms with E-state index in [4.69, 9.17) is 14.2 Å². The van der Waals surface area contributed by atoms with Crippen molar-refractivity contribution in [1.29, 1.82) is 0 Å². The number of hydrogen-bond acceptors (Lipinski definition) is 7. The molecule has 0 amide bonds. The molecule has 2 saturated carbocycles. The molecule has 0 radical (unpaired) electrons. The zero-order chi connectivity index (χ0) is 20.5. The predicted octanol–water partition coefficient (Wildman–Crippen LogP) is 1.91. The molecular formula is C21H28O7. The Morgan fingerprint density at radius 3 is 2.61 bits per heavy atom. The SMILES string of the molecule is CO[C@@H]1C=C(CC[C@@]2(O)[C@H](C)C[C@H]3OC(=O)[C@@]4(C)C(=O)CC[C@@]2(C)[C@@H]34)C(=O)O1. The fourth-order valence-corrected chi connectivity index (χ4v) is 6.33. The van der Waals surface area contributed by atoms with Crippen molar-refractivity contribution in [1.82, 2.24) is 0 Å². The van der Waals surface area contributed by atoms with Crippen molar-refractivity contribution in [2.45, 2.75) is 70.9 Å². The lowest BCUT2D eigenvalue weighted by Gasteiger charge is -2.60. The van der Waals surface area contributed by atoms with Crippen LogP contribution < -0.4 is 0 Å². The molecule has 2 heterocycles. The highest BCUT2D eigenvalue weighted by Gasteiger charge is 2.73. The van der Waals surface area contributed by atoms with E-state index in [1.165, 1.54) is 7.11 Å². The Hall–Kier alpha value is -1.73. The molecule has 3 fully saturated rings. The van der Waals surface area contributed by atoms with Gasteiger partial charge < -0.3 is 19.3 Å². The number of methoxy groups -OCH3 is 1. The second kappa shape index (κ2) is 6.13. The third-order valence-electron chi connectivity index (χ3n) is 8.03. The maximum absolute atomic E-state index is 12.7. The smallest absolute Gasteiger partial charge is 0.336 e. The second-order valence-corrected chi connectivity index (χ2v) is 9.23. The Kier molecular flexibility index (Phi) is 4.29. The van der Waals surface area contributed by atoms with Gasteiger partial charge in [-0.15, -0.1) is 0 Å². The Labute approximate surface area is 164 Å². The molecule has 0 unspecified atom stereocenters. The van der Waals surface area contributed by atoms with E-state index in [-0.39, 0.29) is 30.1 Å². The number of aliphatic hydroxyl groups is 1. The summed E-state index contributed by atoms with van der Waals surface area (Å²) in [7, 11) is 1.46. The lowest BCUT2D eigenvalue weighted by Crippen LogP contribution is -2.66. The normalized spacial score (nSPS) is 47.5. The summed E-state index contributed by atoms with van der Waals surface area (Å²) in [6.45, 7) is 5.61. The third kappa shape index (κ3) is 2.32. The number of hydrogen-bond donors (Lipinski definition) is 1. The molecule has 2 aliphatic carbocycles. The number of Topliss-reactive ketones (excluding diaryl/α,β-unsaturated/α-hetero) is 1. The van der Waals surface area contributed by atoms with E-state index in [2.05, 4.69) is 0 Å². The van der Waals surface area contributed by atoms with Crippen molar-refractivity contribution < 1.29 is 33.7 Å². The van der Waals surface area contributed by atoms with Gasteiger partial charge in [0.1, 0.15) is 17.3 Å². The molecule has 0 bridgehead atoms. The molecule has 28 heavy (non-hydrogen) atoms. The van der Waals surface area contributed by atoms with Crippen molar-refractivity contribution >= 4 is 17.7 Å². The van der Waals surface area contributed by atoms with E-state index in [9.17, 15) is 19.5 Å². The predicted molar refractivity (Wildman–Crippen MR) is 96.8 cm³/mol. The lowest BCUT2D eigenvalue weighted by atomic mass is 9.43. The fourth-order valence-electron chi connectivity index (χ4n) is 6.33. The summed E-state index contributed by atoms with van der Waals surface area (Å²) < 4.78 is 15.8. The van der Waals surface area contributed by atoms with Crippen LogP contribution in [0.4, 0.5) is 0 Å². The van der Waals surface area contributed by atoms with Gasteiger partial charge in [0.25, 0.3) is 0 Å². The third-order valence-corrected chi connectivity index (χ3v) is 8.03. The maximum Gasteiger partial charge on any atom is 0.336 e. The molecule has 154 valence electrons. The van der Waals surface area contributed by atoms with Crippen molar-refractivity contribution in [3.63, 3.8) is 0 Å². The van der Waals surface area contributed by atoms with Crippen LogP contribution in [-0.4, -0.2) is 47.9 Å². The van der Waals surface area contributed by atoms with Crippen LogP contribution in [0.1, 0.15) is 52.9 Å². The fraction of sp³-hybridized carbons (Fsp3) is 0.762. The summed E-state index contributed by atoms with van der Waals surface area (Å²) in [5, 5.41) is 11.9. The summed E-state index contributed by atoms with van der Waals surface area (Å²) in [4.78, 5) is 37.4. The maximum atomic E-state index is 12.7. The number of ketones is 1. The summed E-state index contributed by atoms with van der Waals surface area (Å²) in [6, 6.07) is 0. The first-order valence-corrected chi connectivity index (χ1v) is 9.99.